The van der Waals surface area contributed by atoms with Crippen LogP contribution in [0.1, 0.15) is 21.3 Å². The maximum atomic E-state index is 12.1. The lowest BCUT2D eigenvalue weighted by Crippen LogP contribution is -2.46. The van der Waals surface area contributed by atoms with Crippen LogP contribution in [0.3, 0.4) is 0 Å². The van der Waals surface area contributed by atoms with Crippen molar-refractivity contribution in [2.24, 2.45) is 0 Å². The maximum Gasteiger partial charge on any atom is 0.471 e. The van der Waals surface area contributed by atoms with Crippen molar-refractivity contribution >= 4 is 23.2 Å². The number of amides is 2. The highest BCUT2D eigenvalue weighted by atomic mass is 32.1. The summed E-state index contributed by atoms with van der Waals surface area (Å²) in [4.78, 5) is 22.5. The second kappa shape index (κ2) is 4.02. The van der Waals surface area contributed by atoms with Crippen LogP contribution < -0.4 is 10.6 Å². The number of fused-ring (bicyclic) bond motifs is 1. The molecule has 0 bridgehead atoms. The Hall–Kier alpha value is -1.57. The first-order chi connectivity index (χ1) is 7.89. The second-order valence-corrected chi connectivity index (χ2v) is 4.36. The SMILES string of the molecule is O=C1NC[C@@H](NC(=O)C(F)(F)F)c2ccsc21. The summed E-state index contributed by atoms with van der Waals surface area (Å²) in [6.07, 6.45) is -4.92. The van der Waals surface area contributed by atoms with Gasteiger partial charge in [0.25, 0.3) is 5.91 Å². The topological polar surface area (TPSA) is 58.2 Å². The van der Waals surface area contributed by atoms with Crippen LogP contribution in [0, 0.1) is 0 Å². The van der Waals surface area contributed by atoms with E-state index in [9.17, 15) is 22.8 Å². The highest BCUT2D eigenvalue weighted by Gasteiger charge is 2.41. The van der Waals surface area contributed by atoms with E-state index in [1.54, 1.807) is 11.4 Å². The molecule has 92 valence electrons. The van der Waals surface area contributed by atoms with Gasteiger partial charge in [0.05, 0.1) is 10.9 Å². The number of alkyl halides is 3. The minimum atomic E-state index is -4.92. The fourth-order valence-electron chi connectivity index (χ4n) is 1.53. The third-order valence-corrected chi connectivity index (χ3v) is 3.24. The largest absolute Gasteiger partial charge is 0.471 e. The molecule has 0 spiro atoms. The van der Waals surface area contributed by atoms with E-state index in [2.05, 4.69) is 5.32 Å². The van der Waals surface area contributed by atoms with Gasteiger partial charge < -0.3 is 10.6 Å². The lowest BCUT2D eigenvalue weighted by Gasteiger charge is -2.24. The monoisotopic (exact) mass is 264 g/mol. The summed E-state index contributed by atoms with van der Waals surface area (Å²) in [6, 6.07) is 0.711. The Kier molecular flexibility index (Phi) is 2.82. The summed E-state index contributed by atoms with van der Waals surface area (Å²) in [5.41, 5.74) is 0.427. The fraction of sp³-hybridized carbons (Fsp3) is 0.333. The molecule has 2 N–H and O–H groups in total. The molecule has 2 rings (SSSR count). The van der Waals surface area contributed by atoms with Gasteiger partial charge in [-0.1, -0.05) is 0 Å². The third-order valence-electron chi connectivity index (χ3n) is 2.31. The van der Waals surface area contributed by atoms with Gasteiger partial charge in [0.15, 0.2) is 0 Å². The Labute approximate surface area is 97.8 Å². The van der Waals surface area contributed by atoms with Gasteiger partial charge in [-0.25, -0.2) is 0 Å². The summed E-state index contributed by atoms with van der Waals surface area (Å²) in [6.45, 7) is -0.0373. The molecule has 2 amide bonds. The zero-order valence-electron chi connectivity index (χ0n) is 8.30. The minimum Gasteiger partial charge on any atom is -0.349 e. The molecule has 0 saturated heterocycles. The molecular formula is C9H7F3N2O2S. The molecule has 1 aliphatic heterocycles. The van der Waals surface area contributed by atoms with Gasteiger partial charge in [-0.2, -0.15) is 13.2 Å². The Morgan fingerprint density at radius 3 is 2.88 bits per heavy atom. The first kappa shape index (κ1) is 11.9. The smallest absolute Gasteiger partial charge is 0.349 e. The van der Waals surface area contributed by atoms with Gasteiger partial charge in [0.1, 0.15) is 0 Å². The quantitative estimate of drug-likeness (QED) is 0.801. The highest BCUT2D eigenvalue weighted by Crippen LogP contribution is 2.27. The van der Waals surface area contributed by atoms with E-state index in [-0.39, 0.29) is 12.5 Å². The summed E-state index contributed by atoms with van der Waals surface area (Å²) in [5.74, 6) is -2.33. The molecule has 0 aliphatic carbocycles. The van der Waals surface area contributed by atoms with Crippen LogP contribution in [0.2, 0.25) is 0 Å². The Morgan fingerprint density at radius 2 is 2.24 bits per heavy atom. The molecule has 0 fully saturated rings. The van der Waals surface area contributed by atoms with E-state index in [4.69, 9.17) is 0 Å². The number of hydrogen-bond acceptors (Lipinski definition) is 3. The predicted octanol–water partition coefficient (Wildman–Crippen LogP) is 1.21. The number of nitrogens with one attached hydrogen (secondary N) is 2. The van der Waals surface area contributed by atoms with Crippen LogP contribution in [0.25, 0.3) is 0 Å². The number of carbonyl (C=O) groups excluding carboxylic acids is 2. The summed E-state index contributed by atoms with van der Waals surface area (Å²) in [7, 11) is 0. The van der Waals surface area contributed by atoms with E-state index in [0.717, 1.165) is 11.3 Å². The Balaban J connectivity index is 2.18. The van der Waals surface area contributed by atoms with Crippen LogP contribution >= 0.6 is 11.3 Å². The number of rotatable bonds is 1. The summed E-state index contributed by atoms with van der Waals surface area (Å²) >= 11 is 1.13. The molecule has 0 radical (unpaired) electrons. The van der Waals surface area contributed by atoms with E-state index in [1.165, 1.54) is 0 Å². The van der Waals surface area contributed by atoms with Crippen molar-refractivity contribution < 1.29 is 22.8 Å². The first-order valence-corrected chi connectivity index (χ1v) is 5.51. The third kappa shape index (κ3) is 2.26. The van der Waals surface area contributed by atoms with Crippen LogP contribution in [0.15, 0.2) is 11.4 Å². The molecule has 2 heterocycles. The van der Waals surface area contributed by atoms with Crippen molar-refractivity contribution in [3.05, 3.63) is 21.9 Å². The zero-order valence-corrected chi connectivity index (χ0v) is 9.11. The van der Waals surface area contributed by atoms with Crippen molar-refractivity contribution in [2.75, 3.05) is 6.54 Å². The van der Waals surface area contributed by atoms with Crippen LogP contribution in [-0.2, 0) is 4.79 Å². The molecule has 0 unspecified atom stereocenters. The minimum absolute atomic E-state index is 0.0373. The van der Waals surface area contributed by atoms with Crippen molar-refractivity contribution in [3.63, 3.8) is 0 Å². The van der Waals surface area contributed by atoms with Crippen molar-refractivity contribution in [1.29, 1.82) is 0 Å². The Bertz CT molecular complexity index is 469. The molecule has 1 aromatic rings. The molecule has 17 heavy (non-hydrogen) atoms. The van der Waals surface area contributed by atoms with E-state index < -0.39 is 18.1 Å². The van der Waals surface area contributed by atoms with E-state index >= 15 is 0 Å². The standard InChI is InChI=1S/C9H7F3N2O2S/c10-9(11,12)8(16)14-5-3-13-7(15)6-4(5)1-2-17-6/h1-2,5H,3H2,(H,13,15)(H,14,16)/t5-/m1/s1. The van der Waals surface area contributed by atoms with Crippen molar-refractivity contribution in [3.8, 4) is 0 Å². The van der Waals surface area contributed by atoms with Crippen LogP contribution in [-0.4, -0.2) is 24.5 Å². The average Bonchev–Trinajstić information content (AvgIpc) is 2.70. The lowest BCUT2D eigenvalue weighted by atomic mass is 10.0. The molecule has 1 aliphatic rings. The van der Waals surface area contributed by atoms with Crippen molar-refractivity contribution in [1.82, 2.24) is 10.6 Å². The fourth-order valence-corrected chi connectivity index (χ4v) is 2.41. The predicted molar refractivity (Wildman–Crippen MR) is 53.6 cm³/mol. The maximum absolute atomic E-state index is 12.1. The van der Waals surface area contributed by atoms with Gasteiger partial charge >= 0.3 is 12.1 Å². The van der Waals surface area contributed by atoms with E-state index in [1.807, 2.05) is 5.32 Å². The normalized spacial score (nSPS) is 19.5. The van der Waals surface area contributed by atoms with Gasteiger partial charge in [0.2, 0.25) is 0 Å². The van der Waals surface area contributed by atoms with Crippen LogP contribution in [0.4, 0.5) is 13.2 Å². The molecule has 0 saturated carbocycles. The van der Waals surface area contributed by atoms with Gasteiger partial charge in [-0.3, -0.25) is 9.59 Å². The number of hydrogen-bond donors (Lipinski definition) is 2. The number of carbonyl (C=O) groups is 2. The molecule has 4 nitrogen and oxygen atoms in total. The molecular weight excluding hydrogens is 257 g/mol. The molecule has 1 aromatic heterocycles. The van der Waals surface area contributed by atoms with Crippen LogP contribution in [0.5, 0.6) is 0 Å². The first-order valence-electron chi connectivity index (χ1n) is 4.63. The zero-order chi connectivity index (χ0) is 12.6. The average molecular weight is 264 g/mol. The summed E-state index contributed by atoms with van der Waals surface area (Å²) < 4.78 is 36.3. The second-order valence-electron chi connectivity index (χ2n) is 3.44. The number of thiophene rings is 1. The van der Waals surface area contributed by atoms with Gasteiger partial charge in [0, 0.05) is 6.54 Å². The molecule has 1 atom stereocenters. The van der Waals surface area contributed by atoms with Gasteiger partial charge in [-0.05, 0) is 17.0 Å². The Morgan fingerprint density at radius 1 is 1.53 bits per heavy atom. The van der Waals surface area contributed by atoms with Crippen molar-refractivity contribution in [2.45, 2.75) is 12.2 Å². The van der Waals surface area contributed by atoms with Gasteiger partial charge in [-0.15, -0.1) is 11.3 Å². The lowest BCUT2D eigenvalue weighted by molar-refractivity contribution is -0.174. The summed E-state index contributed by atoms with van der Waals surface area (Å²) in [5, 5.41) is 5.87. The van der Waals surface area contributed by atoms with E-state index in [0.29, 0.717) is 10.4 Å². The number of halogens is 3. The molecule has 8 heteroatoms. The molecule has 0 aromatic carbocycles. The highest BCUT2D eigenvalue weighted by molar-refractivity contribution is 7.12.